The van der Waals surface area contributed by atoms with Crippen molar-refractivity contribution in [3.8, 4) is 0 Å². The van der Waals surface area contributed by atoms with Crippen LogP contribution in [0.4, 0.5) is 0 Å². The summed E-state index contributed by atoms with van der Waals surface area (Å²) in [6, 6.07) is 17.5. The number of carbonyl (C=O) groups is 1. The molecule has 1 aromatic heterocycles. The minimum atomic E-state index is -0.234. The minimum Gasteiger partial charge on any atom is -0.341 e. The van der Waals surface area contributed by atoms with Gasteiger partial charge in [-0.2, -0.15) is 0 Å². The van der Waals surface area contributed by atoms with Gasteiger partial charge in [0.1, 0.15) is 0 Å². The molecule has 2 aromatic carbocycles. The van der Waals surface area contributed by atoms with E-state index in [1.165, 1.54) is 11.1 Å². The molecule has 3 heteroatoms. The fraction of sp³-hybridized carbons (Fsp3) is 0.182. The van der Waals surface area contributed by atoms with E-state index in [9.17, 15) is 4.79 Å². The molecule has 1 N–H and O–H groups in total. The van der Waals surface area contributed by atoms with Crippen molar-refractivity contribution >= 4 is 5.91 Å². The van der Waals surface area contributed by atoms with Gasteiger partial charge in [-0.1, -0.05) is 42.0 Å². The standard InChI is InChI=1S/C22H22N2O/c1-15-6-9-18(10-7-15)22(25)24-21(20-5-4-12-23-14-20)19-11-8-16(2)17(3)13-19/h4-14,21H,1-3H3,(H,24,25). The molecule has 1 unspecified atom stereocenters. The average Bonchev–Trinajstić information content (AvgIpc) is 2.63. The van der Waals surface area contributed by atoms with Crippen LogP contribution in [-0.4, -0.2) is 10.9 Å². The number of benzene rings is 2. The summed E-state index contributed by atoms with van der Waals surface area (Å²) >= 11 is 0. The monoisotopic (exact) mass is 330 g/mol. The Morgan fingerprint density at radius 1 is 0.920 bits per heavy atom. The summed E-state index contributed by atoms with van der Waals surface area (Å²) in [5.74, 6) is -0.0907. The van der Waals surface area contributed by atoms with E-state index in [-0.39, 0.29) is 11.9 Å². The molecule has 1 amide bonds. The molecule has 0 fully saturated rings. The molecule has 126 valence electrons. The number of nitrogens with zero attached hydrogens (tertiary/aromatic N) is 1. The Morgan fingerprint density at radius 2 is 1.68 bits per heavy atom. The first kappa shape index (κ1) is 16.9. The molecule has 0 spiro atoms. The van der Waals surface area contributed by atoms with Crippen LogP contribution < -0.4 is 5.32 Å². The summed E-state index contributed by atoms with van der Waals surface area (Å²) in [5, 5.41) is 3.15. The van der Waals surface area contributed by atoms with Gasteiger partial charge in [-0.15, -0.1) is 0 Å². The third kappa shape index (κ3) is 3.94. The number of hydrogen-bond acceptors (Lipinski definition) is 2. The van der Waals surface area contributed by atoms with Crippen LogP contribution in [0.5, 0.6) is 0 Å². The van der Waals surface area contributed by atoms with Gasteiger partial charge in [0.15, 0.2) is 0 Å². The topological polar surface area (TPSA) is 42.0 Å². The quantitative estimate of drug-likeness (QED) is 0.764. The van der Waals surface area contributed by atoms with Crippen molar-refractivity contribution in [3.63, 3.8) is 0 Å². The maximum atomic E-state index is 12.7. The molecular formula is C22H22N2O. The molecule has 0 radical (unpaired) electrons. The van der Waals surface area contributed by atoms with Crippen LogP contribution in [0.1, 0.15) is 44.2 Å². The summed E-state index contributed by atoms with van der Waals surface area (Å²) in [4.78, 5) is 16.9. The maximum absolute atomic E-state index is 12.7. The second-order valence-corrected chi connectivity index (χ2v) is 6.40. The molecule has 3 nitrogen and oxygen atoms in total. The van der Waals surface area contributed by atoms with E-state index in [0.717, 1.165) is 16.7 Å². The van der Waals surface area contributed by atoms with Crippen LogP contribution in [-0.2, 0) is 0 Å². The Labute approximate surface area is 148 Å². The van der Waals surface area contributed by atoms with Crippen LogP contribution in [0.15, 0.2) is 67.0 Å². The molecule has 0 aliphatic heterocycles. The zero-order chi connectivity index (χ0) is 17.8. The van der Waals surface area contributed by atoms with Gasteiger partial charge in [-0.05, 0) is 61.2 Å². The van der Waals surface area contributed by atoms with Crippen molar-refractivity contribution in [2.24, 2.45) is 0 Å². The Morgan fingerprint density at radius 3 is 2.32 bits per heavy atom. The molecule has 1 heterocycles. The average molecular weight is 330 g/mol. The van der Waals surface area contributed by atoms with Gasteiger partial charge >= 0.3 is 0 Å². The Hall–Kier alpha value is -2.94. The summed E-state index contributed by atoms with van der Waals surface area (Å²) < 4.78 is 0. The third-order valence-corrected chi connectivity index (χ3v) is 4.47. The first-order valence-electron chi connectivity index (χ1n) is 8.39. The Kier molecular flexibility index (Phi) is 4.94. The van der Waals surface area contributed by atoms with E-state index in [1.807, 2.05) is 43.3 Å². The van der Waals surface area contributed by atoms with Crippen molar-refractivity contribution < 1.29 is 4.79 Å². The summed E-state index contributed by atoms with van der Waals surface area (Å²) in [6.45, 7) is 6.18. The predicted octanol–water partition coefficient (Wildman–Crippen LogP) is 4.53. The van der Waals surface area contributed by atoms with Crippen LogP contribution in [0.2, 0.25) is 0 Å². The smallest absolute Gasteiger partial charge is 0.252 e. The SMILES string of the molecule is Cc1ccc(C(=O)NC(c2cccnc2)c2ccc(C)c(C)c2)cc1. The highest BCUT2D eigenvalue weighted by molar-refractivity contribution is 5.94. The summed E-state index contributed by atoms with van der Waals surface area (Å²) in [7, 11) is 0. The van der Waals surface area contributed by atoms with Crippen LogP contribution in [0, 0.1) is 20.8 Å². The van der Waals surface area contributed by atoms with E-state index < -0.39 is 0 Å². The van der Waals surface area contributed by atoms with Crippen molar-refractivity contribution in [3.05, 3.63) is 100 Å². The minimum absolute atomic E-state index is 0.0907. The van der Waals surface area contributed by atoms with E-state index in [1.54, 1.807) is 12.4 Å². The molecule has 1 atom stereocenters. The summed E-state index contributed by atoms with van der Waals surface area (Å²) in [6.07, 6.45) is 3.54. The number of aryl methyl sites for hydroxylation is 3. The molecule has 0 saturated heterocycles. The second kappa shape index (κ2) is 7.31. The lowest BCUT2D eigenvalue weighted by atomic mass is 9.96. The van der Waals surface area contributed by atoms with E-state index in [0.29, 0.717) is 5.56 Å². The lowest BCUT2D eigenvalue weighted by Crippen LogP contribution is -2.29. The number of rotatable bonds is 4. The van der Waals surface area contributed by atoms with Gasteiger partial charge in [0.2, 0.25) is 0 Å². The van der Waals surface area contributed by atoms with Gasteiger partial charge in [-0.25, -0.2) is 0 Å². The zero-order valence-corrected chi connectivity index (χ0v) is 14.8. The van der Waals surface area contributed by atoms with Crippen molar-refractivity contribution in [2.75, 3.05) is 0 Å². The van der Waals surface area contributed by atoms with E-state index >= 15 is 0 Å². The van der Waals surface area contributed by atoms with Gasteiger partial charge in [0, 0.05) is 18.0 Å². The van der Waals surface area contributed by atoms with E-state index in [4.69, 9.17) is 0 Å². The molecule has 0 aliphatic rings. The maximum Gasteiger partial charge on any atom is 0.252 e. The third-order valence-electron chi connectivity index (χ3n) is 4.47. The number of carbonyl (C=O) groups excluding carboxylic acids is 1. The van der Waals surface area contributed by atoms with Crippen LogP contribution in [0.25, 0.3) is 0 Å². The van der Waals surface area contributed by atoms with Gasteiger partial charge in [0.25, 0.3) is 5.91 Å². The fourth-order valence-electron chi connectivity index (χ4n) is 2.77. The summed E-state index contributed by atoms with van der Waals surface area (Å²) in [5.41, 5.74) is 6.25. The lowest BCUT2D eigenvalue weighted by molar-refractivity contribution is 0.0943. The largest absolute Gasteiger partial charge is 0.341 e. The number of hydrogen-bond donors (Lipinski definition) is 1. The highest BCUT2D eigenvalue weighted by Gasteiger charge is 2.18. The zero-order valence-electron chi connectivity index (χ0n) is 14.8. The van der Waals surface area contributed by atoms with Crippen LogP contribution in [0.3, 0.4) is 0 Å². The number of amides is 1. The number of aromatic nitrogens is 1. The molecular weight excluding hydrogens is 308 g/mol. The first-order valence-corrected chi connectivity index (χ1v) is 8.39. The number of nitrogens with one attached hydrogen (secondary N) is 1. The second-order valence-electron chi connectivity index (χ2n) is 6.40. The molecule has 0 saturated carbocycles. The highest BCUT2D eigenvalue weighted by Crippen LogP contribution is 2.24. The van der Waals surface area contributed by atoms with Crippen molar-refractivity contribution in [2.45, 2.75) is 26.8 Å². The van der Waals surface area contributed by atoms with Crippen molar-refractivity contribution in [1.82, 2.24) is 10.3 Å². The Bertz CT molecular complexity index is 870. The Balaban J connectivity index is 1.95. The van der Waals surface area contributed by atoms with Crippen LogP contribution >= 0.6 is 0 Å². The molecule has 3 aromatic rings. The van der Waals surface area contributed by atoms with Gasteiger partial charge < -0.3 is 5.32 Å². The normalized spacial score (nSPS) is 11.8. The first-order chi connectivity index (χ1) is 12.0. The van der Waals surface area contributed by atoms with Gasteiger partial charge in [0.05, 0.1) is 6.04 Å². The molecule has 0 aliphatic carbocycles. The molecule has 3 rings (SSSR count). The fourth-order valence-corrected chi connectivity index (χ4v) is 2.77. The highest BCUT2D eigenvalue weighted by atomic mass is 16.1. The van der Waals surface area contributed by atoms with E-state index in [2.05, 4.69) is 42.3 Å². The molecule has 0 bridgehead atoms. The predicted molar refractivity (Wildman–Crippen MR) is 101 cm³/mol. The molecule has 25 heavy (non-hydrogen) atoms. The number of pyridine rings is 1. The van der Waals surface area contributed by atoms with Crippen molar-refractivity contribution in [1.29, 1.82) is 0 Å². The lowest BCUT2D eigenvalue weighted by Gasteiger charge is -2.20. The van der Waals surface area contributed by atoms with Gasteiger partial charge in [-0.3, -0.25) is 9.78 Å².